The van der Waals surface area contributed by atoms with Gasteiger partial charge in [0.2, 0.25) is 10.0 Å². The molecule has 8 nitrogen and oxygen atoms in total. The number of methoxy groups -OCH3 is 2. The molecule has 0 saturated heterocycles. The molecule has 0 aliphatic heterocycles. The number of ether oxygens (including phenoxy) is 2. The normalized spacial score (nSPS) is 11.7. The van der Waals surface area contributed by atoms with Crippen molar-refractivity contribution in [1.82, 2.24) is 4.98 Å². The number of aliphatic imine (C=N–C) groups is 1. The molecule has 0 unspecified atom stereocenters. The Morgan fingerprint density at radius 2 is 1.68 bits per heavy atom. The minimum atomic E-state index is -3.76. The Morgan fingerprint density at radius 3 is 2.45 bits per heavy atom. The molecular formula is C31H27N3O5S. The predicted octanol–water partition coefficient (Wildman–Crippen LogP) is 5.45. The predicted molar refractivity (Wildman–Crippen MR) is 160 cm³/mol. The fraction of sp³-hybridized carbons (Fsp3) is 0.129. The number of anilines is 1. The van der Waals surface area contributed by atoms with Crippen molar-refractivity contribution in [3.05, 3.63) is 107 Å². The molecule has 1 aromatic heterocycles. The molecule has 0 aliphatic carbocycles. The molecule has 0 aliphatic rings. The van der Waals surface area contributed by atoms with Crippen molar-refractivity contribution in [2.75, 3.05) is 24.7 Å². The number of benzene rings is 3. The number of rotatable bonds is 9. The summed E-state index contributed by atoms with van der Waals surface area (Å²) in [4.78, 5) is 22.3. The van der Waals surface area contributed by atoms with Gasteiger partial charge in [-0.2, -0.15) is 0 Å². The van der Waals surface area contributed by atoms with Gasteiger partial charge in [-0.25, -0.2) is 8.42 Å². The third-order valence-electron chi connectivity index (χ3n) is 6.44. The Hall–Kier alpha value is -4.76. The molecule has 0 spiro atoms. The quantitative estimate of drug-likeness (QED) is 0.244. The molecule has 0 amide bonds. The van der Waals surface area contributed by atoms with E-state index in [-0.39, 0.29) is 17.7 Å². The van der Waals surface area contributed by atoms with Crippen LogP contribution in [-0.4, -0.2) is 39.6 Å². The summed E-state index contributed by atoms with van der Waals surface area (Å²) in [6.45, 7) is 0.251. The van der Waals surface area contributed by atoms with E-state index in [4.69, 9.17) is 9.47 Å². The second kappa shape index (κ2) is 11.5. The molecule has 5 rings (SSSR count). The summed E-state index contributed by atoms with van der Waals surface area (Å²) in [6, 6.07) is 25.4. The van der Waals surface area contributed by atoms with Crippen molar-refractivity contribution in [3.63, 3.8) is 0 Å². The lowest BCUT2D eigenvalue weighted by Crippen LogP contribution is -2.17. The van der Waals surface area contributed by atoms with Crippen LogP contribution in [0.25, 0.3) is 32.8 Å². The van der Waals surface area contributed by atoms with Gasteiger partial charge < -0.3 is 9.47 Å². The SMILES string of the molecule is COc1ccc(CN=CCS(=O)(=O)Nc2ccc3ccc4ncc(-c5ccccc5)cc4c(=O)c3c2)c(OC)c1. The number of hydrogen-bond donors (Lipinski definition) is 1. The lowest BCUT2D eigenvalue weighted by molar-refractivity contribution is 0.391. The Labute approximate surface area is 232 Å². The van der Waals surface area contributed by atoms with Crippen LogP contribution >= 0.6 is 0 Å². The molecular weight excluding hydrogens is 526 g/mol. The Kier molecular flexibility index (Phi) is 7.75. The van der Waals surface area contributed by atoms with Gasteiger partial charge in [0.1, 0.15) is 17.3 Å². The van der Waals surface area contributed by atoms with Crippen LogP contribution in [0.5, 0.6) is 11.5 Å². The van der Waals surface area contributed by atoms with Gasteiger partial charge in [-0.3, -0.25) is 19.5 Å². The van der Waals surface area contributed by atoms with Crippen LogP contribution in [0.2, 0.25) is 0 Å². The zero-order chi connectivity index (χ0) is 28.1. The molecule has 1 N–H and O–H groups in total. The molecule has 1 heterocycles. The zero-order valence-corrected chi connectivity index (χ0v) is 22.8. The molecule has 4 aromatic carbocycles. The topological polar surface area (TPSA) is 107 Å². The zero-order valence-electron chi connectivity index (χ0n) is 22.0. The lowest BCUT2D eigenvalue weighted by atomic mass is 10.1. The Bertz CT molecular complexity index is 1890. The van der Waals surface area contributed by atoms with E-state index in [0.717, 1.165) is 16.7 Å². The van der Waals surface area contributed by atoms with Gasteiger partial charge in [0.25, 0.3) is 0 Å². The van der Waals surface area contributed by atoms with E-state index in [1.807, 2.05) is 48.5 Å². The first-order chi connectivity index (χ1) is 19.4. The monoisotopic (exact) mass is 553 g/mol. The summed E-state index contributed by atoms with van der Waals surface area (Å²) in [5.41, 5.74) is 3.21. The summed E-state index contributed by atoms with van der Waals surface area (Å²) in [7, 11) is -0.645. The fourth-order valence-corrected chi connectivity index (χ4v) is 5.24. The number of aromatic nitrogens is 1. The van der Waals surface area contributed by atoms with Crippen LogP contribution < -0.4 is 19.6 Å². The van der Waals surface area contributed by atoms with E-state index in [1.54, 1.807) is 56.8 Å². The number of hydrogen-bond acceptors (Lipinski definition) is 7. The molecule has 0 saturated carbocycles. The van der Waals surface area contributed by atoms with E-state index in [9.17, 15) is 13.2 Å². The fourth-order valence-electron chi connectivity index (χ4n) is 4.37. The van der Waals surface area contributed by atoms with Gasteiger partial charge in [0.15, 0.2) is 5.43 Å². The van der Waals surface area contributed by atoms with Gasteiger partial charge in [0.05, 0.1) is 26.3 Å². The van der Waals surface area contributed by atoms with Crippen LogP contribution in [0.4, 0.5) is 5.69 Å². The summed E-state index contributed by atoms with van der Waals surface area (Å²) in [5, 5.41) is 1.53. The standard InChI is InChI=1S/C31H27N3O5S/c1-38-26-12-9-23(30(18-26)39-2)19-32-14-15-40(36,37)34-25-11-8-22-10-13-29-28(31(35)27(22)17-25)16-24(20-33-29)21-6-4-3-5-7-21/h3-14,16-18,20,34H,15,19H2,1-2H3. The highest BCUT2D eigenvalue weighted by molar-refractivity contribution is 7.93. The second-order valence-corrected chi connectivity index (χ2v) is 10.8. The molecule has 202 valence electrons. The smallest absolute Gasteiger partial charge is 0.237 e. The van der Waals surface area contributed by atoms with Gasteiger partial charge in [-0.1, -0.05) is 42.5 Å². The first-order valence-corrected chi connectivity index (χ1v) is 14.1. The van der Waals surface area contributed by atoms with Crippen molar-refractivity contribution in [2.24, 2.45) is 4.99 Å². The van der Waals surface area contributed by atoms with E-state index in [1.165, 1.54) is 6.21 Å². The van der Waals surface area contributed by atoms with Crippen molar-refractivity contribution in [3.8, 4) is 22.6 Å². The third-order valence-corrected chi connectivity index (χ3v) is 7.58. The molecule has 0 atom stereocenters. The van der Waals surface area contributed by atoms with Crippen LogP contribution in [0, 0.1) is 0 Å². The van der Waals surface area contributed by atoms with E-state index in [2.05, 4.69) is 14.7 Å². The van der Waals surface area contributed by atoms with E-state index >= 15 is 0 Å². The first kappa shape index (κ1) is 26.8. The molecule has 9 heteroatoms. The lowest BCUT2D eigenvalue weighted by Gasteiger charge is -2.08. The molecule has 40 heavy (non-hydrogen) atoms. The van der Waals surface area contributed by atoms with Gasteiger partial charge >= 0.3 is 0 Å². The van der Waals surface area contributed by atoms with Crippen LogP contribution in [-0.2, 0) is 16.6 Å². The van der Waals surface area contributed by atoms with Crippen LogP contribution in [0.1, 0.15) is 5.56 Å². The Morgan fingerprint density at radius 1 is 0.875 bits per heavy atom. The first-order valence-electron chi connectivity index (χ1n) is 12.5. The van der Waals surface area contributed by atoms with Crippen molar-refractivity contribution in [1.29, 1.82) is 0 Å². The average Bonchev–Trinajstić information content (AvgIpc) is 3.11. The van der Waals surface area contributed by atoms with Gasteiger partial charge in [0, 0.05) is 46.1 Å². The minimum Gasteiger partial charge on any atom is -0.497 e. The molecule has 5 aromatic rings. The molecule has 0 fully saturated rings. The maximum atomic E-state index is 13.6. The molecule has 0 bridgehead atoms. The maximum Gasteiger partial charge on any atom is 0.237 e. The summed E-state index contributed by atoms with van der Waals surface area (Å²) < 4.78 is 38.7. The number of fused-ring (bicyclic) bond motifs is 2. The second-order valence-electron chi connectivity index (χ2n) is 9.07. The highest BCUT2D eigenvalue weighted by atomic mass is 32.2. The van der Waals surface area contributed by atoms with Crippen molar-refractivity contribution in [2.45, 2.75) is 6.54 Å². The number of pyridine rings is 1. The summed E-state index contributed by atoms with van der Waals surface area (Å²) in [6.07, 6.45) is 3.09. The van der Waals surface area contributed by atoms with Crippen molar-refractivity contribution < 1.29 is 17.9 Å². The van der Waals surface area contributed by atoms with Crippen LogP contribution in [0.15, 0.2) is 101 Å². The maximum absolute atomic E-state index is 13.6. The summed E-state index contributed by atoms with van der Waals surface area (Å²) in [5.74, 6) is 0.931. The average molecular weight is 554 g/mol. The highest BCUT2D eigenvalue weighted by Gasteiger charge is 2.12. The van der Waals surface area contributed by atoms with E-state index < -0.39 is 10.0 Å². The van der Waals surface area contributed by atoms with Crippen molar-refractivity contribution >= 4 is 43.6 Å². The largest absolute Gasteiger partial charge is 0.497 e. The van der Waals surface area contributed by atoms with Crippen LogP contribution in [0.3, 0.4) is 0 Å². The molecule has 0 radical (unpaired) electrons. The van der Waals surface area contributed by atoms with E-state index in [0.29, 0.717) is 38.9 Å². The van der Waals surface area contributed by atoms with Gasteiger partial charge in [-0.05, 0) is 47.3 Å². The number of sulfonamides is 1. The minimum absolute atomic E-state index is 0.226. The summed E-state index contributed by atoms with van der Waals surface area (Å²) >= 11 is 0. The Balaban J connectivity index is 1.38. The third kappa shape index (κ3) is 5.94. The number of nitrogens with zero attached hydrogens (tertiary/aromatic N) is 2. The number of nitrogens with one attached hydrogen (secondary N) is 1. The van der Waals surface area contributed by atoms with Gasteiger partial charge in [-0.15, -0.1) is 0 Å². The highest BCUT2D eigenvalue weighted by Crippen LogP contribution is 2.26.